The number of aliphatic imine (C=N–C) groups is 1. The quantitative estimate of drug-likeness (QED) is 0.717. The summed E-state index contributed by atoms with van der Waals surface area (Å²) in [5.74, 6) is -0.501. The molecule has 0 radical (unpaired) electrons. The molecule has 2 heterocycles. The number of anilines is 2. The van der Waals surface area contributed by atoms with Gasteiger partial charge in [0.05, 0.1) is 23.1 Å². The normalized spacial score (nSPS) is 21.7. The van der Waals surface area contributed by atoms with Crippen LogP contribution in [-0.4, -0.2) is 48.8 Å². The molecule has 0 bridgehead atoms. The first-order valence-electron chi connectivity index (χ1n) is 9.76. The fourth-order valence-corrected chi connectivity index (χ4v) is 7.43. The highest BCUT2D eigenvalue weighted by Gasteiger charge is 2.44. The number of sulfone groups is 1. The molecule has 0 aromatic heterocycles. The summed E-state index contributed by atoms with van der Waals surface area (Å²) in [6.45, 7) is 1.72. The maximum absolute atomic E-state index is 13.0. The SMILES string of the molecule is Cc1cccc(N(CC(=O)Nc2cccc(C(F)(F)F)c2)C2=NC3CS(=O)(=O)CC3S2)c1. The van der Waals surface area contributed by atoms with Crippen molar-refractivity contribution in [2.45, 2.75) is 24.4 Å². The average molecular weight is 484 g/mol. The second-order valence-electron chi connectivity index (χ2n) is 7.76. The third-order valence-electron chi connectivity index (χ3n) is 5.12. The second kappa shape index (κ2) is 8.43. The fraction of sp³-hybridized carbons (Fsp3) is 0.333. The molecule has 0 saturated carbocycles. The summed E-state index contributed by atoms with van der Waals surface area (Å²) >= 11 is 1.31. The van der Waals surface area contributed by atoms with Crippen LogP contribution in [0.1, 0.15) is 11.1 Å². The van der Waals surface area contributed by atoms with Crippen molar-refractivity contribution in [2.24, 2.45) is 4.99 Å². The molecule has 1 amide bonds. The van der Waals surface area contributed by atoms with E-state index < -0.39 is 27.5 Å². The van der Waals surface area contributed by atoms with Gasteiger partial charge in [0.2, 0.25) is 5.91 Å². The van der Waals surface area contributed by atoms with Gasteiger partial charge in [-0.05, 0) is 42.8 Å². The number of halogens is 3. The topological polar surface area (TPSA) is 78.8 Å². The third kappa shape index (κ3) is 5.09. The van der Waals surface area contributed by atoms with Crippen molar-refractivity contribution in [3.05, 3.63) is 59.7 Å². The van der Waals surface area contributed by atoms with Crippen LogP contribution < -0.4 is 10.2 Å². The van der Waals surface area contributed by atoms with Crippen LogP contribution in [0.15, 0.2) is 53.5 Å². The van der Waals surface area contributed by atoms with Gasteiger partial charge in [0, 0.05) is 16.6 Å². The minimum Gasteiger partial charge on any atom is -0.325 e. The van der Waals surface area contributed by atoms with Crippen LogP contribution in [0.25, 0.3) is 0 Å². The Bertz CT molecular complexity index is 1180. The molecule has 170 valence electrons. The highest BCUT2D eigenvalue weighted by Crippen LogP contribution is 2.37. The number of fused-ring (bicyclic) bond motifs is 1. The number of alkyl halides is 3. The lowest BCUT2D eigenvalue weighted by atomic mass is 10.2. The molecule has 32 heavy (non-hydrogen) atoms. The molecule has 2 aliphatic heterocycles. The Morgan fingerprint density at radius 3 is 2.62 bits per heavy atom. The Hall–Kier alpha value is -2.53. The van der Waals surface area contributed by atoms with Crippen LogP contribution in [0.5, 0.6) is 0 Å². The first-order valence-corrected chi connectivity index (χ1v) is 12.5. The summed E-state index contributed by atoms with van der Waals surface area (Å²) in [6.07, 6.45) is -4.51. The Morgan fingerprint density at radius 1 is 1.19 bits per heavy atom. The van der Waals surface area contributed by atoms with E-state index in [2.05, 4.69) is 10.3 Å². The van der Waals surface area contributed by atoms with Gasteiger partial charge in [0.15, 0.2) is 15.0 Å². The van der Waals surface area contributed by atoms with Crippen LogP contribution in [0.2, 0.25) is 0 Å². The summed E-state index contributed by atoms with van der Waals surface area (Å²) in [7, 11) is -3.12. The van der Waals surface area contributed by atoms with Crippen LogP contribution in [0.3, 0.4) is 0 Å². The lowest BCUT2D eigenvalue weighted by Crippen LogP contribution is -2.36. The Morgan fingerprint density at radius 2 is 1.94 bits per heavy atom. The van der Waals surface area contributed by atoms with E-state index in [0.717, 1.165) is 17.7 Å². The predicted molar refractivity (Wildman–Crippen MR) is 120 cm³/mol. The summed E-state index contributed by atoms with van der Waals surface area (Å²) in [5.41, 5.74) is 0.837. The molecule has 2 atom stereocenters. The number of benzene rings is 2. The summed E-state index contributed by atoms with van der Waals surface area (Å²) in [6, 6.07) is 11.5. The second-order valence-corrected chi connectivity index (χ2v) is 11.1. The molecule has 4 rings (SSSR count). The molecule has 2 aromatic rings. The molecular weight excluding hydrogens is 463 g/mol. The fourth-order valence-electron chi connectivity index (χ4n) is 3.65. The van der Waals surface area contributed by atoms with Crippen LogP contribution in [0, 0.1) is 6.92 Å². The van der Waals surface area contributed by atoms with E-state index in [1.165, 1.54) is 23.9 Å². The van der Waals surface area contributed by atoms with E-state index in [1.54, 1.807) is 11.0 Å². The predicted octanol–water partition coefficient (Wildman–Crippen LogP) is 3.73. The number of amides is 1. The number of nitrogens with zero attached hydrogens (tertiary/aromatic N) is 2. The minimum atomic E-state index is -4.51. The molecule has 2 aliphatic rings. The molecule has 1 saturated heterocycles. The lowest BCUT2D eigenvalue weighted by molar-refractivity contribution is -0.137. The zero-order valence-electron chi connectivity index (χ0n) is 17.0. The summed E-state index contributed by atoms with van der Waals surface area (Å²) < 4.78 is 62.6. The largest absolute Gasteiger partial charge is 0.416 e. The number of hydrogen-bond acceptors (Lipinski definition) is 6. The summed E-state index contributed by atoms with van der Waals surface area (Å²) in [4.78, 5) is 19.0. The Kier molecular flexibility index (Phi) is 5.97. The van der Waals surface area contributed by atoms with Gasteiger partial charge in [-0.25, -0.2) is 8.42 Å². The number of carbonyl (C=O) groups excluding carboxylic acids is 1. The first kappa shape index (κ1) is 22.7. The number of hydrogen-bond donors (Lipinski definition) is 1. The summed E-state index contributed by atoms with van der Waals surface area (Å²) in [5, 5.41) is 2.84. The molecule has 0 spiro atoms. The zero-order chi connectivity index (χ0) is 23.1. The van der Waals surface area contributed by atoms with Crippen molar-refractivity contribution in [2.75, 3.05) is 28.3 Å². The molecule has 1 fully saturated rings. The van der Waals surface area contributed by atoms with Crippen molar-refractivity contribution < 1.29 is 26.4 Å². The zero-order valence-corrected chi connectivity index (χ0v) is 18.6. The highest BCUT2D eigenvalue weighted by molar-refractivity contribution is 8.15. The van der Waals surface area contributed by atoms with Crippen LogP contribution in [-0.2, 0) is 20.8 Å². The molecule has 2 aromatic carbocycles. The third-order valence-corrected chi connectivity index (χ3v) is 8.37. The minimum absolute atomic E-state index is 0.0216. The maximum Gasteiger partial charge on any atom is 0.416 e. The monoisotopic (exact) mass is 483 g/mol. The van der Waals surface area contributed by atoms with E-state index in [-0.39, 0.29) is 35.0 Å². The van der Waals surface area contributed by atoms with E-state index in [0.29, 0.717) is 10.9 Å². The van der Waals surface area contributed by atoms with Gasteiger partial charge in [-0.1, -0.05) is 30.0 Å². The molecule has 6 nitrogen and oxygen atoms in total. The number of aryl methyl sites for hydroxylation is 1. The molecular formula is C21H20F3N3O3S2. The first-order chi connectivity index (χ1) is 15.0. The number of thioether (sulfide) groups is 1. The lowest BCUT2D eigenvalue weighted by Gasteiger charge is -2.24. The molecule has 11 heteroatoms. The number of rotatable bonds is 4. The van der Waals surface area contributed by atoms with Crippen LogP contribution >= 0.6 is 11.8 Å². The van der Waals surface area contributed by atoms with Gasteiger partial charge < -0.3 is 10.2 Å². The van der Waals surface area contributed by atoms with Gasteiger partial charge in [-0.15, -0.1) is 0 Å². The van der Waals surface area contributed by atoms with Crippen molar-refractivity contribution in [3.8, 4) is 0 Å². The van der Waals surface area contributed by atoms with Gasteiger partial charge >= 0.3 is 6.18 Å². The Balaban J connectivity index is 1.56. The smallest absolute Gasteiger partial charge is 0.325 e. The van der Waals surface area contributed by atoms with Gasteiger partial charge in [0.1, 0.15) is 6.54 Å². The van der Waals surface area contributed by atoms with Gasteiger partial charge in [0.25, 0.3) is 0 Å². The van der Waals surface area contributed by atoms with Gasteiger partial charge in [-0.3, -0.25) is 9.79 Å². The number of nitrogens with one attached hydrogen (secondary N) is 1. The van der Waals surface area contributed by atoms with Crippen LogP contribution in [0.4, 0.5) is 24.5 Å². The number of carbonyl (C=O) groups is 1. The highest BCUT2D eigenvalue weighted by atomic mass is 32.2. The standard InChI is InChI=1S/C21H20F3N3O3S2/c1-13-4-2-7-16(8-13)27(20-26-17-11-32(29,30)12-18(17)31-20)10-19(28)25-15-6-3-5-14(9-15)21(22,23)24/h2-9,17-18H,10-12H2,1H3,(H,25,28). The van der Waals surface area contributed by atoms with Crippen molar-refractivity contribution >= 4 is 44.0 Å². The average Bonchev–Trinajstić information content (AvgIpc) is 3.19. The van der Waals surface area contributed by atoms with Crippen molar-refractivity contribution in [1.29, 1.82) is 0 Å². The molecule has 0 aliphatic carbocycles. The van der Waals surface area contributed by atoms with Crippen molar-refractivity contribution in [3.63, 3.8) is 0 Å². The molecule has 1 N–H and O–H groups in total. The van der Waals surface area contributed by atoms with E-state index in [9.17, 15) is 26.4 Å². The maximum atomic E-state index is 13.0. The molecule has 2 unspecified atom stereocenters. The Labute approximate surface area is 187 Å². The van der Waals surface area contributed by atoms with Gasteiger partial charge in [-0.2, -0.15) is 13.2 Å². The van der Waals surface area contributed by atoms with E-state index in [1.807, 2.05) is 25.1 Å². The van der Waals surface area contributed by atoms with E-state index in [4.69, 9.17) is 0 Å². The number of amidine groups is 1. The van der Waals surface area contributed by atoms with E-state index >= 15 is 0 Å². The van der Waals surface area contributed by atoms with Crippen molar-refractivity contribution in [1.82, 2.24) is 0 Å².